The molecule has 0 saturated carbocycles. The molecule has 8 heteroatoms. The lowest BCUT2D eigenvalue weighted by molar-refractivity contribution is 0.102. The number of amides is 1. The van der Waals surface area contributed by atoms with Crippen LogP contribution in [-0.2, 0) is 7.05 Å². The van der Waals surface area contributed by atoms with Gasteiger partial charge >= 0.3 is 6.01 Å². The zero-order chi connectivity index (χ0) is 18.6. The van der Waals surface area contributed by atoms with Crippen molar-refractivity contribution >= 4 is 11.6 Å². The Balaban J connectivity index is 1.49. The molecule has 3 heterocycles. The molecule has 4 rings (SSSR count). The summed E-state index contributed by atoms with van der Waals surface area (Å²) >= 11 is 0. The molecule has 1 aromatic carbocycles. The van der Waals surface area contributed by atoms with Crippen molar-refractivity contribution in [3.63, 3.8) is 0 Å². The third-order valence-electron chi connectivity index (χ3n) is 3.86. The van der Waals surface area contributed by atoms with Gasteiger partial charge in [0.1, 0.15) is 17.1 Å². The molecule has 3 aromatic heterocycles. The predicted molar refractivity (Wildman–Crippen MR) is 99.0 cm³/mol. The van der Waals surface area contributed by atoms with Gasteiger partial charge < -0.3 is 14.6 Å². The van der Waals surface area contributed by atoms with Crippen LogP contribution in [0.25, 0.3) is 5.82 Å². The molecule has 0 aliphatic carbocycles. The Morgan fingerprint density at radius 3 is 2.44 bits per heavy atom. The third-order valence-corrected chi connectivity index (χ3v) is 3.86. The molecule has 0 bridgehead atoms. The van der Waals surface area contributed by atoms with Crippen molar-refractivity contribution in [2.45, 2.75) is 0 Å². The van der Waals surface area contributed by atoms with E-state index in [0.717, 1.165) is 0 Å². The Bertz CT molecular complexity index is 1040. The van der Waals surface area contributed by atoms with Crippen molar-refractivity contribution in [1.82, 2.24) is 24.3 Å². The van der Waals surface area contributed by atoms with Gasteiger partial charge in [-0.05, 0) is 42.5 Å². The number of aryl methyl sites for hydroxylation is 1. The van der Waals surface area contributed by atoms with Gasteiger partial charge in [-0.3, -0.25) is 9.48 Å². The highest BCUT2D eigenvalue weighted by Crippen LogP contribution is 2.21. The Morgan fingerprint density at radius 1 is 1.04 bits per heavy atom. The number of hydrogen-bond donors (Lipinski definition) is 1. The maximum atomic E-state index is 12.7. The molecule has 0 aliphatic heterocycles. The van der Waals surface area contributed by atoms with Crippen LogP contribution in [0.1, 0.15) is 10.4 Å². The fourth-order valence-electron chi connectivity index (χ4n) is 2.62. The number of nitrogens with zero attached hydrogens (tertiary/aromatic N) is 5. The van der Waals surface area contributed by atoms with Crippen molar-refractivity contribution in [2.75, 3.05) is 5.32 Å². The second-order valence-electron chi connectivity index (χ2n) is 5.71. The fraction of sp³-hybridized carbons (Fsp3) is 0.0526. The first-order valence-corrected chi connectivity index (χ1v) is 8.22. The van der Waals surface area contributed by atoms with Crippen LogP contribution in [0.2, 0.25) is 0 Å². The minimum absolute atomic E-state index is 0.244. The molecule has 8 nitrogen and oxygen atoms in total. The number of carbonyl (C=O) groups is 1. The zero-order valence-electron chi connectivity index (χ0n) is 14.5. The average molecular weight is 360 g/mol. The van der Waals surface area contributed by atoms with E-state index in [-0.39, 0.29) is 11.9 Å². The lowest BCUT2D eigenvalue weighted by Gasteiger charge is -2.09. The summed E-state index contributed by atoms with van der Waals surface area (Å²) in [5, 5.41) is 7.07. The molecule has 1 N–H and O–H groups in total. The van der Waals surface area contributed by atoms with Crippen LogP contribution >= 0.6 is 0 Å². The Kier molecular flexibility index (Phi) is 4.36. The molecule has 0 saturated heterocycles. The largest absolute Gasteiger partial charge is 0.424 e. The molecule has 27 heavy (non-hydrogen) atoms. The number of aromatic nitrogens is 5. The van der Waals surface area contributed by atoms with Crippen molar-refractivity contribution in [2.24, 2.45) is 7.05 Å². The summed E-state index contributed by atoms with van der Waals surface area (Å²) in [6.45, 7) is 0. The fourth-order valence-corrected chi connectivity index (χ4v) is 2.62. The first-order valence-electron chi connectivity index (χ1n) is 8.22. The van der Waals surface area contributed by atoms with E-state index in [4.69, 9.17) is 4.74 Å². The molecule has 4 aromatic rings. The number of ether oxygens (including phenoxy) is 1. The van der Waals surface area contributed by atoms with Gasteiger partial charge in [0.25, 0.3) is 5.91 Å². The van der Waals surface area contributed by atoms with Gasteiger partial charge in [-0.1, -0.05) is 0 Å². The standard InChI is InChI=1S/C19H16N6O2/c1-24-18(25-11-2-3-12-25)16(13-22-24)17(26)23-14-5-7-15(8-6-14)27-19-20-9-4-10-21-19/h2-13H,1H3,(H,23,26). The second-order valence-corrected chi connectivity index (χ2v) is 5.71. The molecule has 134 valence electrons. The van der Waals surface area contributed by atoms with Crippen molar-refractivity contribution in [3.05, 3.63) is 79.0 Å². The Hall–Kier alpha value is -3.94. The normalized spacial score (nSPS) is 10.6. The molecule has 1 amide bonds. The van der Waals surface area contributed by atoms with Crippen LogP contribution in [0.3, 0.4) is 0 Å². The molecule has 0 atom stereocenters. The molecule has 0 aliphatic rings. The summed E-state index contributed by atoms with van der Waals surface area (Å²) in [6.07, 6.45) is 8.49. The van der Waals surface area contributed by atoms with Crippen LogP contribution in [0.5, 0.6) is 11.8 Å². The summed E-state index contributed by atoms with van der Waals surface area (Å²) in [5.41, 5.74) is 1.12. The SMILES string of the molecule is Cn1ncc(C(=O)Nc2ccc(Oc3ncccn3)cc2)c1-n1cccc1. The highest BCUT2D eigenvalue weighted by atomic mass is 16.5. The zero-order valence-corrected chi connectivity index (χ0v) is 14.5. The summed E-state index contributed by atoms with van der Waals surface area (Å²) in [7, 11) is 1.80. The molecule has 0 spiro atoms. The van der Waals surface area contributed by atoms with Gasteiger partial charge in [-0.15, -0.1) is 0 Å². The first-order chi connectivity index (χ1) is 13.2. The van der Waals surface area contributed by atoms with E-state index in [9.17, 15) is 4.79 Å². The number of rotatable bonds is 5. The van der Waals surface area contributed by atoms with E-state index in [0.29, 0.717) is 22.8 Å². The van der Waals surface area contributed by atoms with E-state index < -0.39 is 0 Å². The maximum Gasteiger partial charge on any atom is 0.321 e. The topological polar surface area (TPSA) is 86.9 Å². The third kappa shape index (κ3) is 3.54. The molecule has 0 unspecified atom stereocenters. The number of anilines is 1. The molecule has 0 radical (unpaired) electrons. The minimum atomic E-state index is -0.244. The summed E-state index contributed by atoms with van der Waals surface area (Å²) < 4.78 is 9.05. The van der Waals surface area contributed by atoms with Crippen molar-refractivity contribution in [3.8, 4) is 17.6 Å². The van der Waals surface area contributed by atoms with E-state index >= 15 is 0 Å². The van der Waals surface area contributed by atoms with E-state index in [1.54, 1.807) is 60.7 Å². The number of hydrogen-bond acceptors (Lipinski definition) is 5. The summed E-state index contributed by atoms with van der Waals surface area (Å²) in [5.74, 6) is 1.03. The smallest absolute Gasteiger partial charge is 0.321 e. The van der Waals surface area contributed by atoms with E-state index in [1.807, 2.05) is 29.1 Å². The Morgan fingerprint density at radius 2 is 1.74 bits per heavy atom. The van der Waals surface area contributed by atoms with Gasteiger partial charge in [0.2, 0.25) is 0 Å². The van der Waals surface area contributed by atoms with Gasteiger partial charge in [0, 0.05) is 37.5 Å². The van der Waals surface area contributed by atoms with Gasteiger partial charge in [0.15, 0.2) is 0 Å². The molecule has 0 fully saturated rings. The summed E-state index contributed by atoms with van der Waals surface area (Å²) in [6, 6.07) is 12.7. The maximum absolute atomic E-state index is 12.7. The van der Waals surface area contributed by atoms with Crippen LogP contribution in [0, 0.1) is 0 Å². The van der Waals surface area contributed by atoms with Crippen LogP contribution in [-0.4, -0.2) is 30.2 Å². The average Bonchev–Trinajstić information content (AvgIpc) is 3.33. The molecular formula is C19H16N6O2. The monoisotopic (exact) mass is 360 g/mol. The van der Waals surface area contributed by atoms with E-state index in [2.05, 4.69) is 20.4 Å². The van der Waals surface area contributed by atoms with Gasteiger partial charge in [0.05, 0.1) is 6.20 Å². The first kappa shape index (κ1) is 16.5. The Labute approximate surface area is 155 Å². The van der Waals surface area contributed by atoms with Crippen molar-refractivity contribution in [1.29, 1.82) is 0 Å². The highest BCUT2D eigenvalue weighted by Gasteiger charge is 2.17. The van der Waals surface area contributed by atoms with Gasteiger partial charge in [-0.25, -0.2) is 9.97 Å². The lowest BCUT2D eigenvalue weighted by atomic mass is 10.2. The van der Waals surface area contributed by atoms with Crippen LogP contribution < -0.4 is 10.1 Å². The number of nitrogens with one attached hydrogen (secondary N) is 1. The van der Waals surface area contributed by atoms with E-state index in [1.165, 1.54) is 0 Å². The van der Waals surface area contributed by atoms with Gasteiger partial charge in [-0.2, -0.15) is 5.10 Å². The van der Waals surface area contributed by atoms with Crippen LogP contribution in [0.15, 0.2) is 73.4 Å². The highest BCUT2D eigenvalue weighted by molar-refractivity contribution is 6.06. The lowest BCUT2D eigenvalue weighted by Crippen LogP contribution is -2.14. The molecular weight excluding hydrogens is 344 g/mol. The number of carbonyl (C=O) groups excluding carboxylic acids is 1. The quantitative estimate of drug-likeness (QED) is 0.591. The number of benzene rings is 1. The summed E-state index contributed by atoms with van der Waals surface area (Å²) in [4.78, 5) is 20.7. The van der Waals surface area contributed by atoms with Crippen LogP contribution in [0.4, 0.5) is 5.69 Å². The second kappa shape index (κ2) is 7.12. The predicted octanol–water partition coefficient (Wildman–Crippen LogP) is 3.05. The van der Waals surface area contributed by atoms with Crippen molar-refractivity contribution < 1.29 is 9.53 Å². The minimum Gasteiger partial charge on any atom is -0.424 e.